The Morgan fingerprint density at radius 3 is 2.62 bits per heavy atom. The summed E-state index contributed by atoms with van der Waals surface area (Å²) in [5.74, 6) is 0.292. The normalized spacial score (nSPS) is 10.2. The highest BCUT2D eigenvalue weighted by atomic mass is 32.1. The maximum atomic E-state index is 9.54. The monoisotopic (exact) mass is 191 g/mol. The van der Waals surface area contributed by atoms with Crippen LogP contribution in [0.5, 0.6) is 5.75 Å². The van der Waals surface area contributed by atoms with Gasteiger partial charge in [-0.05, 0) is 17.7 Å². The summed E-state index contributed by atoms with van der Waals surface area (Å²) in [4.78, 5) is 0. The van der Waals surface area contributed by atoms with Crippen LogP contribution in [0.1, 0.15) is 0 Å². The molecule has 1 aromatic heterocycles. The Kier molecular flexibility index (Phi) is 1.94. The zero-order valence-corrected chi connectivity index (χ0v) is 7.71. The quantitative estimate of drug-likeness (QED) is 0.728. The molecule has 0 radical (unpaired) electrons. The van der Waals surface area contributed by atoms with E-state index in [0.29, 0.717) is 5.75 Å². The molecule has 0 spiro atoms. The van der Waals surface area contributed by atoms with Crippen molar-refractivity contribution in [1.29, 1.82) is 0 Å². The van der Waals surface area contributed by atoms with E-state index in [1.165, 1.54) is 11.3 Å². The molecule has 0 aliphatic heterocycles. The van der Waals surface area contributed by atoms with E-state index in [1.807, 2.05) is 23.6 Å². The van der Waals surface area contributed by atoms with Crippen molar-refractivity contribution in [1.82, 2.24) is 0 Å². The number of thiophene rings is 1. The fourth-order valence-electron chi connectivity index (χ4n) is 1.21. The number of hydrogen-bond donors (Lipinski definition) is 2. The summed E-state index contributed by atoms with van der Waals surface area (Å²) >= 11 is 1.47. The Hall–Kier alpha value is -1.48. The third kappa shape index (κ3) is 1.51. The van der Waals surface area contributed by atoms with E-state index in [2.05, 4.69) is 0 Å². The molecule has 0 saturated carbocycles. The van der Waals surface area contributed by atoms with Gasteiger partial charge in [0.2, 0.25) is 0 Å². The molecule has 0 atom stereocenters. The largest absolute Gasteiger partial charge is 0.507 e. The second-order valence-corrected chi connectivity index (χ2v) is 3.70. The molecule has 0 bridgehead atoms. The number of nitrogen functional groups attached to an aromatic ring is 1. The lowest BCUT2D eigenvalue weighted by Gasteiger charge is -1.99. The van der Waals surface area contributed by atoms with Crippen LogP contribution >= 0.6 is 11.3 Å². The number of phenolic OH excluding ortho intramolecular Hbond substituents is 1. The van der Waals surface area contributed by atoms with Crippen LogP contribution in [0.2, 0.25) is 0 Å². The predicted molar refractivity (Wildman–Crippen MR) is 55.8 cm³/mol. The minimum atomic E-state index is 0.292. The van der Waals surface area contributed by atoms with E-state index in [4.69, 9.17) is 5.73 Å². The fourth-order valence-corrected chi connectivity index (χ4v) is 1.86. The average molecular weight is 191 g/mol. The lowest BCUT2D eigenvalue weighted by Crippen LogP contribution is -1.76. The van der Waals surface area contributed by atoms with Gasteiger partial charge in [0, 0.05) is 10.9 Å². The van der Waals surface area contributed by atoms with E-state index in [9.17, 15) is 5.11 Å². The molecule has 0 fully saturated rings. The molecule has 0 unspecified atom stereocenters. The van der Waals surface area contributed by atoms with Gasteiger partial charge in [0.1, 0.15) is 5.75 Å². The highest BCUT2D eigenvalue weighted by Crippen LogP contribution is 2.32. The van der Waals surface area contributed by atoms with Crippen molar-refractivity contribution in [3.05, 3.63) is 35.7 Å². The highest BCUT2D eigenvalue weighted by Gasteiger charge is 2.03. The van der Waals surface area contributed by atoms with Gasteiger partial charge in [-0.3, -0.25) is 0 Å². The Balaban J connectivity index is 2.52. The van der Waals surface area contributed by atoms with E-state index < -0.39 is 0 Å². The van der Waals surface area contributed by atoms with Gasteiger partial charge in [-0.15, -0.1) is 11.3 Å². The lowest BCUT2D eigenvalue weighted by atomic mass is 10.1. The zero-order valence-electron chi connectivity index (χ0n) is 6.90. The van der Waals surface area contributed by atoms with Gasteiger partial charge in [0.05, 0.1) is 5.00 Å². The number of rotatable bonds is 1. The summed E-state index contributed by atoms with van der Waals surface area (Å²) < 4.78 is 0. The summed E-state index contributed by atoms with van der Waals surface area (Å²) in [6.45, 7) is 0. The Morgan fingerprint density at radius 1 is 1.23 bits per heavy atom. The molecule has 3 heteroatoms. The van der Waals surface area contributed by atoms with Gasteiger partial charge in [-0.1, -0.05) is 18.2 Å². The van der Waals surface area contributed by atoms with Crippen LogP contribution in [0.15, 0.2) is 35.7 Å². The first-order chi connectivity index (χ1) is 6.27. The number of nitrogens with two attached hydrogens (primary N) is 1. The Labute approximate surface area is 80.3 Å². The van der Waals surface area contributed by atoms with Crippen LogP contribution in [0.25, 0.3) is 11.1 Å². The van der Waals surface area contributed by atoms with Gasteiger partial charge in [-0.25, -0.2) is 0 Å². The maximum Gasteiger partial charge on any atom is 0.123 e. The van der Waals surface area contributed by atoms with E-state index >= 15 is 0 Å². The molecular weight excluding hydrogens is 182 g/mol. The molecule has 2 nitrogen and oxygen atoms in total. The number of anilines is 1. The summed E-state index contributed by atoms with van der Waals surface area (Å²) in [7, 11) is 0. The number of phenols is 1. The summed E-state index contributed by atoms with van der Waals surface area (Å²) in [6, 6.07) is 9.09. The maximum absolute atomic E-state index is 9.54. The molecule has 2 rings (SSSR count). The molecule has 3 N–H and O–H groups in total. The van der Waals surface area contributed by atoms with Crippen molar-refractivity contribution in [2.24, 2.45) is 0 Å². The third-order valence-electron chi connectivity index (χ3n) is 1.83. The van der Waals surface area contributed by atoms with Crippen molar-refractivity contribution in [2.45, 2.75) is 0 Å². The molecule has 13 heavy (non-hydrogen) atoms. The second kappa shape index (κ2) is 3.11. The predicted octanol–water partition coefficient (Wildman–Crippen LogP) is 2.70. The van der Waals surface area contributed by atoms with E-state index in [-0.39, 0.29) is 0 Å². The van der Waals surface area contributed by atoms with E-state index in [0.717, 1.165) is 16.1 Å². The topological polar surface area (TPSA) is 46.2 Å². The second-order valence-electron chi connectivity index (χ2n) is 2.75. The molecule has 2 aromatic rings. The molecule has 0 aliphatic carbocycles. The van der Waals surface area contributed by atoms with Crippen molar-refractivity contribution in [3.63, 3.8) is 0 Å². The molecule has 0 amide bonds. The van der Waals surface area contributed by atoms with Crippen molar-refractivity contribution in [3.8, 4) is 16.9 Å². The number of para-hydroxylation sites is 1. The molecule has 0 saturated heterocycles. The Morgan fingerprint density at radius 2 is 2.00 bits per heavy atom. The molecule has 1 aromatic carbocycles. The van der Waals surface area contributed by atoms with E-state index in [1.54, 1.807) is 12.1 Å². The van der Waals surface area contributed by atoms with Crippen LogP contribution < -0.4 is 5.73 Å². The van der Waals surface area contributed by atoms with Crippen LogP contribution in [-0.2, 0) is 0 Å². The first-order valence-corrected chi connectivity index (χ1v) is 4.78. The van der Waals surface area contributed by atoms with Gasteiger partial charge in [0.25, 0.3) is 0 Å². The van der Waals surface area contributed by atoms with Crippen molar-refractivity contribution < 1.29 is 5.11 Å². The first kappa shape index (κ1) is 8.13. The van der Waals surface area contributed by atoms with Crippen LogP contribution in [0.4, 0.5) is 5.00 Å². The highest BCUT2D eigenvalue weighted by molar-refractivity contribution is 7.14. The van der Waals surface area contributed by atoms with Gasteiger partial charge < -0.3 is 10.8 Å². The molecule has 0 aliphatic rings. The SMILES string of the molecule is Nc1cc(-c2ccccc2O)cs1. The molecule has 1 heterocycles. The summed E-state index contributed by atoms with van der Waals surface area (Å²) in [5, 5.41) is 12.2. The third-order valence-corrected chi connectivity index (χ3v) is 2.60. The van der Waals surface area contributed by atoms with Crippen LogP contribution in [0, 0.1) is 0 Å². The summed E-state index contributed by atoms with van der Waals surface area (Å²) in [5.41, 5.74) is 7.40. The number of aromatic hydroxyl groups is 1. The lowest BCUT2D eigenvalue weighted by molar-refractivity contribution is 0.477. The van der Waals surface area contributed by atoms with Gasteiger partial charge in [-0.2, -0.15) is 0 Å². The number of benzene rings is 1. The zero-order chi connectivity index (χ0) is 9.26. The molecule has 66 valence electrons. The average Bonchev–Trinajstić information content (AvgIpc) is 2.53. The van der Waals surface area contributed by atoms with Crippen LogP contribution in [-0.4, -0.2) is 5.11 Å². The van der Waals surface area contributed by atoms with Crippen LogP contribution in [0.3, 0.4) is 0 Å². The number of hydrogen-bond acceptors (Lipinski definition) is 3. The summed E-state index contributed by atoms with van der Waals surface area (Å²) in [6.07, 6.45) is 0. The first-order valence-electron chi connectivity index (χ1n) is 3.90. The molecular formula is C10H9NOS. The van der Waals surface area contributed by atoms with Gasteiger partial charge >= 0.3 is 0 Å². The standard InChI is InChI=1S/C10H9NOS/c11-10-5-7(6-13-10)8-3-1-2-4-9(8)12/h1-6,12H,11H2. The van der Waals surface area contributed by atoms with Crippen molar-refractivity contribution >= 4 is 16.3 Å². The fraction of sp³-hybridized carbons (Fsp3) is 0. The van der Waals surface area contributed by atoms with Crippen molar-refractivity contribution in [2.75, 3.05) is 5.73 Å². The smallest absolute Gasteiger partial charge is 0.123 e. The minimum absolute atomic E-state index is 0.292. The Bertz CT molecular complexity index is 422. The van der Waals surface area contributed by atoms with Gasteiger partial charge in [0.15, 0.2) is 0 Å². The minimum Gasteiger partial charge on any atom is -0.507 e.